The van der Waals surface area contributed by atoms with E-state index in [1.54, 1.807) is 0 Å². The first-order valence-corrected chi connectivity index (χ1v) is 9.97. The lowest BCUT2D eigenvalue weighted by atomic mass is 9.85. The second-order valence-corrected chi connectivity index (χ2v) is 7.72. The molecule has 0 aromatic heterocycles. The van der Waals surface area contributed by atoms with Gasteiger partial charge >= 0.3 is 0 Å². The number of benzene rings is 4. The zero-order chi connectivity index (χ0) is 30.1. The van der Waals surface area contributed by atoms with Gasteiger partial charge in [0.1, 0.15) is 5.75 Å². The van der Waals surface area contributed by atoms with Crippen molar-refractivity contribution in [2.45, 2.75) is 0 Å². The fraction of sp³-hybridized carbons (Fsp3) is 0. The van der Waals surface area contributed by atoms with Gasteiger partial charge < -0.3 is 5.11 Å². The van der Waals surface area contributed by atoms with Crippen molar-refractivity contribution < 1.29 is 71.0 Å². The van der Waals surface area contributed by atoms with Crippen LogP contribution in [0.1, 0.15) is 0 Å². The normalized spacial score (nSPS) is 11.2. The first kappa shape index (κ1) is 31.2. The van der Waals surface area contributed by atoms with Crippen molar-refractivity contribution in [1.29, 1.82) is 0 Å². The molecule has 1 N–H and O–H groups in total. The zero-order valence-corrected chi connectivity index (χ0v) is 18.3. The summed E-state index contributed by atoms with van der Waals surface area (Å²) in [4.78, 5) is 0. The smallest absolute Gasteiger partial charge is 0.200 e. The van der Waals surface area contributed by atoms with E-state index in [9.17, 15) is 71.0 Å². The SMILES string of the molecule is B.Oc1ccc(-c2c(F)c(F)c(F)c(F)c2F)c(-c2c(F)c(F)c(F)c(F)c2F)c1-c1c(F)c(F)c(F)c(F)c1F. The maximum atomic E-state index is 14.9. The molecule has 41 heavy (non-hydrogen) atoms. The van der Waals surface area contributed by atoms with Crippen LogP contribution in [0.4, 0.5) is 65.9 Å². The molecule has 0 aliphatic heterocycles. The van der Waals surface area contributed by atoms with Crippen molar-refractivity contribution in [3.8, 4) is 39.1 Å². The largest absolute Gasteiger partial charge is 0.507 e. The fourth-order valence-corrected chi connectivity index (χ4v) is 3.80. The van der Waals surface area contributed by atoms with Crippen LogP contribution in [0, 0.1) is 87.3 Å². The highest BCUT2D eigenvalue weighted by Crippen LogP contribution is 2.50. The third-order valence-corrected chi connectivity index (χ3v) is 5.58. The number of hydrogen-bond donors (Lipinski definition) is 1. The summed E-state index contributed by atoms with van der Waals surface area (Å²) in [5.41, 5.74) is -12.9. The number of phenols is 1. The number of phenolic OH excluding ortho intramolecular Hbond substituents is 1. The van der Waals surface area contributed by atoms with Crippen LogP contribution in [0.2, 0.25) is 0 Å². The van der Waals surface area contributed by atoms with Crippen LogP contribution < -0.4 is 0 Å². The fourth-order valence-electron chi connectivity index (χ4n) is 3.80. The highest BCUT2D eigenvalue weighted by molar-refractivity contribution is 5.98. The lowest BCUT2D eigenvalue weighted by molar-refractivity contribution is 0.379. The summed E-state index contributed by atoms with van der Waals surface area (Å²) >= 11 is 0. The van der Waals surface area contributed by atoms with Gasteiger partial charge in [-0.1, -0.05) is 0 Å². The molecule has 0 aliphatic rings. The molecule has 0 amide bonds. The monoisotopic (exact) mass is 606 g/mol. The number of hydrogen-bond acceptors (Lipinski definition) is 1. The number of rotatable bonds is 3. The average molecular weight is 606 g/mol. The first-order chi connectivity index (χ1) is 18.6. The lowest BCUT2D eigenvalue weighted by Crippen LogP contribution is -2.10. The van der Waals surface area contributed by atoms with Crippen molar-refractivity contribution in [2.24, 2.45) is 0 Å². The van der Waals surface area contributed by atoms with Gasteiger partial charge in [0.15, 0.2) is 69.8 Å². The second-order valence-electron chi connectivity index (χ2n) is 7.72. The summed E-state index contributed by atoms with van der Waals surface area (Å²) in [6.07, 6.45) is 0. The van der Waals surface area contributed by atoms with E-state index in [1.807, 2.05) is 0 Å². The molecule has 216 valence electrons. The Morgan fingerprint density at radius 2 is 0.537 bits per heavy atom. The van der Waals surface area contributed by atoms with Crippen LogP contribution in [0.15, 0.2) is 12.1 Å². The van der Waals surface area contributed by atoms with E-state index in [-0.39, 0.29) is 20.5 Å². The molecule has 4 rings (SSSR count). The van der Waals surface area contributed by atoms with Crippen molar-refractivity contribution in [3.05, 3.63) is 99.4 Å². The molecule has 0 radical (unpaired) electrons. The minimum absolute atomic E-state index is 0. The molecule has 0 saturated heterocycles. The van der Waals surface area contributed by atoms with Crippen molar-refractivity contribution in [3.63, 3.8) is 0 Å². The molecule has 0 unspecified atom stereocenters. The maximum absolute atomic E-state index is 14.9. The summed E-state index contributed by atoms with van der Waals surface area (Å²) < 4.78 is 213. The average Bonchev–Trinajstić information content (AvgIpc) is 2.93. The molecule has 4 aromatic rings. The molecule has 4 aromatic carbocycles. The lowest BCUT2D eigenvalue weighted by Gasteiger charge is -2.21. The van der Waals surface area contributed by atoms with E-state index in [2.05, 4.69) is 0 Å². The Kier molecular flexibility index (Phi) is 8.07. The Labute approximate surface area is 218 Å². The van der Waals surface area contributed by atoms with Crippen LogP contribution >= 0.6 is 0 Å². The van der Waals surface area contributed by atoms with Gasteiger partial charge in [0.2, 0.25) is 17.5 Å². The Morgan fingerprint density at radius 3 is 0.854 bits per heavy atom. The van der Waals surface area contributed by atoms with E-state index < -0.39 is 126 Å². The Bertz CT molecular complexity index is 1680. The van der Waals surface area contributed by atoms with E-state index >= 15 is 0 Å². The van der Waals surface area contributed by atoms with Crippen molar-refractivity contribution in [1.82, 2.24) is 0 Å². The molecular weight excluding hydrogens is 600 g/mol. The standard InChI is InChI=1S/C24H3F15O.BH3/c25-10-6(11(26)17(32)22(37)16(10)31)3-1-2-4(40)7(9-14(29)20(35)24(39)21(36)15(9)30)5(3)8-12(27)18(33)23(38)19(34)13(8)28;/h1-2,40H;1H3. The Morgan fingerprint density at radius 1 is 0.293 bits per heavy atom. The minimum Gasteiger partial charge on any atom is -0.507 e. The van der Waals surface area contributed by atoms with Gasteiger partial charge in [0.05, 0.1) is 25.1 Å². The quantitative estimate of drug-likeness (QED) is 0.112. The maximum Gasteiger partial charge on any atom is 0.200 e. The van der Waals surface area contributed by atoms with Gasteiger partial charge in [-0.2, -0.15) is 0 Å². The van der Waals surface area contributed by atoms with E-state index in [4.69, 9.17) is 0 Å². The Balaban J connectivity index is 0.00000462. The molecule has 0 saturated carbocycles. The molecule has 0 spiro atoms. The summed E-state index contributed by atoms with van der Waals surface area (Å²) in [6.45, 7) is 0. The first-order valence-electron chi connectivity index (χ1n) is 9.97. The van der Waals surface area contributed by atoms with Crippen molar-refractivity contribution >= 4 is 8.41 Å². The van der Waals surface area contributed by atoms with Crippen LogP contribution in [0.3, 0.4) is 0 Å². The van der Waals surface area contributed by atoms with Crippen molar-refractivity contribution in [2.75, 3.05) is 0 Å². The van der Waals surface area contributed by atoms with E-state index in [0.29, 0.717) is 0 Å². The highest BCUT2D eigenvalue weighted by Gasteiger charge is 2.37. The molecule has 0 aliphatic carbocycles. The van der Waals surface area contributed by atoms with E-state index in [0.717, 1.165) is 0 Å². The third-order valence-electron chi connectivity index (χ3n) is 5.58. The summed E-state index contributed by atoms with van der Waals surface area (Å²) in [5, 5.41) is 10.3. The predicted molar refractivity (Wildman–Crippen MR) is 114 cm³/mol. The van der Waals surface area contributed by atoms with Gasteiger partial charge in [-0.15, -0.1) is 0 Å². The molecule has 0 heterocycles. The van der Waals surface area contributed by atoms with Crippen LogP contribution in [0.5, 0.6) is 5.75 Å². The van der Waals surface area contributed by atoms with Crippen LogP contribution in [0.25, 0.3) is 33.4 Å². The predicted octanol–water partition coefficient (Wildman–Crippen LogP) is 7.30. The van der Waals surface area contributed by atoms with E-state index in [1.165, 1.54) is 0 Å². The summed E-state index contributed by atoms with van der Waals surface area (Å²) in [5.74, 6) is -44.3. The Hall–Kier alpha value is -4.31. The van der Waals surface area contributed by atoms with Gasteiger partial charge in [-0.05, 0) is 17.7 Å². The summed E-state index contributed by atoms with van der Waals surface area (Å²) in [7, 11) is 0. The molecule has 1 nitrogen and oxygen atoms in total. The van der Waals surface area contributed by atoms with Crippen LogP contribution in [-0.4, -0.2) is 13.5 Å². The van der Waals surface area contributed by atoms with Gasteiger partial charge in [-0.3, -0.25) is 0 Å². The molecule has 0 atom stereocenters. The number of aromatic hydroxyl groups is 1. The molecule has 0 bridgehead atoms. The van der Waals surface area contributed by atoms with Gasteiger partial charge in [-0.25, -0.2) is 65.9 Å². The number of halogens is 15. The van der Waals surface area contributed by atoms with Gasteiger partial charge in [0, 0.05) is 11.1 Å². The molecular formula is C24H6BF15O. The minimum atomic E-state index is -2.91. The molecule has 17 heteroatoms. The summed E-state index contributed by atoms with van der Waals surface area (Å²) in [6, 6.07) is 0.132. The third kappa shape index (κ3) is 4.33. The topological polar surface area (TPSA) is 20.2 Å². The molecule has 0 fully saturated rings. The van der Waals surface area contributed by atoms with Crippen LogP contribution in [-0.2, 0) is 0 Å². The second kappa shape index (κ2) is 10.6. The highest BCUT2D eigenvalue weighted by atomic mass is 19.2. The van der Waals surface area contributed by atoms with Gasteiger partial charge in [0.25, 0.3) is 0 Å². The zero-order valence-electron chi connectivity index (χ0n) is 18.3.